The summed E-state index contributed by atoms with van der Waals surface area (Å²) in [7, 11) is 0. The third-order valence-electron chi connectivity index (χ3n) is 2.46. The van der Waals surface area contributed by atoms with E-state index >= 15 is 0 Å². The van der Waals surface area contributed by atoms with Crippen LogP contribution in [0, 0.1) is 5.82 Å². The number of hydrogen-bond acceptors (Lipinski definition) is 2. The number of nitrogens with zero attached hydrogens (tertiary/aromatic N) is 2. The number of benzene rings is 1. The van der Waals surface area contributed by atoms with Crippen molar-refractivity contribution in [1.29, 1.82) is 0 Å². The van der Waals surface area contributed by atoms with Crippen LogP contribution in [0.3, 0.4) is 0 Å². The van der Waals surface area contributed by atoms with E-state index in [1.54, 1.807) is 6.07 Å². The molecule has 2 aromatic rings. The van der Waals surface area contributed by atoms with Gasteiger partial charge in [0.15, 0.2) is 0 Å². The summed E-state index contributed by atoms with van der Waals surface area (Å²) in [6, 6.07) is 6.90. The van der Waals surface area contributed by atoms with Crippen molar-refractivity contribution in [2.45, 2.75) is 20.0 Å². The molecule has 2 rings (SSSR count). The topological polar surface area (TPSA) is 29.9 Å². The van der Waals surface area contributed by atoms with Crippen LogP contribution >= 0.6 is 15.9 Å². The van der Waals surface area contributed by atoms with E-state index in [1.807, 2.05) is 29.9 Å². The van der Waals surface area contributed by atoms with Crippen LogP contribution in [-0.2, 0) is 13.1 Å². The highest BCUT2D eigenvalue weighted by Gasteiger charge is 2.05. The molecule has 0 fully saturated rings. The second-order valence-electron chi connectivity index (χ2n) is 3.62. The Hall–Kier alpha value is -1.36. The molecular weight excluding hydrogens is 285 g/mol. The SMILES string of the molecule is CCn1ccc(NCc2cccc(F)c2Br)n1. The molecule has 0 unspecified atom stereocenters. The number of nitrogens with one attached hydrogen (secondary N) is 1. The summed E-state index contributed by atoms with van der Waals surface area (Å²) < 4.78 is 15.6. The minimum atomic E-state index is -0.247. The molecule has 3 nitrogen and oxygen atoms in total. The molecule has 17 heavy (non-hydrogen) atoms. The van der Waals surface area contributed by atoms with E-state index in [2.05, 4.69) is 26.3 Å². The summed E-state index contributed by atoms with van der Waals surface area (Å²) >= 11 is 3.23. The Labute approximate surface area is 108 Å². The zero-order chi connectivity index (χ0) is 12.3. The van der Waals surface area contributed by atoms with Crippen molar-refractivity contribution >= 4 is 21.7 Å². The number of aryl methyl sites for hydroxylation is 1. The van der Waals surface area contributed by atoms with E-state index < -0.39 is 0 Å². The quantitative estimate of drug-likeness (QED) is 0.937. The summed E-state index contributed by atoms with van der Waals surface area (Å²) in [4.78, 5) is 0. The molecule has 0 radical (unpaired) electrons. The normalized spacial score (nSPS) is 10.5. The average Bonchev–Trinajstić information content (AvgIpc) is 2.79. The number of halogens is 2. The van der Waals surface area contributed by atoms with Gasteiger partial charge in [-0.1, -0.05) is 12.1 Å². The third-order valence-corrected chi connectivity index (χ3v) is 3.34. The predicted molar refractivity (Wildman–Crippen MR) is 69.3 cm³/mol. The standard InChI is InChI=1S/C12H13BrFN3/c1-2-17-7-6-11(16-17)15-8-9-4-3-5-10(14)12(9)13/h3-7H,2,8H2,1H3,(H,15,16). The molecule has 5 heteroatoms. The zero-order valence-electron chi connectivity index (χ0n) is 9.45. The van der Waals surface area contributed by atoms with Gasteiger partial charge in [0.2, 0.25) is 0 Å². The van der Waals surface area contributed by atoms with Crippen molar-refractivity contribution in [3.05, 3.63) is 46.3 Å². The highest BCUT2D eigenvalue weighted by Crippen LogP contribution is 2.21. The molecule has 0 saturated heterocycles. The second kappa shape index (κ2) is 5.31. The first-order valence-corrected chi connectivity index (χ1v) is 6.20. The summed E-state index contributed by atoms with van der Waals surface area (Å²) in [6.45, 7) is 3.41. The Kier molecular flexibility index (Phi) is 3.78. The molecule has 0 amide bonds. The zero-order valence-corrected chi connectivity index (χ0v) is 11.0. The number of anilines is 1. The monoisotopic (exact) mass is 297 g/mol. The van der Waals surface area contributed by atoms with E-state index in [4.69, 9.17) is 0 Å². The highest BCUT2D eigenvalue weighted by atomic mass is 79.9. The maximum Gasteiger partial charge on any atom is 0.148 e. The maximum absolute atomic E-state index is 13.3. The van der Waals surface area contributed by atoms with Crippen LogP contribution in [0.2, 0.25) is 0 Å². The van der Waals surface area contributed by atoms with E-state index in [0.29, 0.717) is 11.0 Å². The largest absolute Gasteiger partial charge is 0.364 e. The van der Waals surface area contributed by atoms with Crippen LogP contribution in [0.1, 0.15) is 12.5 Å². The van der Waals surface area contributed by atoms with Gasteiger partial charge in [0.05, 0.1) is 4.47 Å². The molecule has 0 atom stereocenters. The second-order valence-corrected chi connectivity index (χ2v) is 4.42. The van der Waals surface area contributed by atoms with Gasteiger partial charge in [0, 0.05) is 25.4 Å². The van der Waals surface area contributed by atoms with Gasteiger partial charge in [-0.05, 0) is 34.5 Å². The van der Waals surface area contributed by atoms with Crippen molar-refractivity contribution in [2.75, 3.05) is 5.32 Å². The molecule has 0 aliphatic carbocycles. The molecule has 0 saturated carbocycles. The lowest BCUT2D eigenvalue weighted by atomic mass is 10.2. The van der Waals surface area contributed by atoms with Gasteiger partial charge in [-0.3, -0.25) is 4.68 Å². The highest BCUT2D eigenvalue weighted by molar-refractivity contribution is 9.10. The molecule has 1 aromatic carbocycles. The van der Waals surface area contributed by atoms with E-state index in [-0.39, 0.29) is 5.82 Å². The van der Waals surface area contributed by atoms with E-state index in [9.17, 15) is 4.39 Å². The maximum atomic E-state index is 13.3. The third kappa shape index (κ3) is 2.85. The van der Waals surface area contributed by atoms with Gasteiger partial charge in [-0.2, -0.15) is 5.10 Å². The van der Waals surface area contributed by atoms with Crippen molar-refractivity contribution in [3.8, 4) is 0 Å². The van der Waals surface area contributed by atoms with Crippen molar-refractivity contribution < 1.29 is 4.39 Å². The van der Waals surface area contributed by atoms with Gasteiger partial charge < -0.3 is 5.32 Å². The van der Waals surface area contributed by atoms with Crippen molar-refractivity contribution in [2.24, 2.45) is 0 Å². The van der Waals surface area contributed by atoms with Crippen LogP contribution in [0.5, 0.6) is 0 Å². The van der Waals surface area contributed by atoms with Crippen LogP contribution in [0.4, 0.5) is 10.2 Å². The lowest BCUT2D eigenvalue weighted by molar-refractivity contribution is 0.618. The van der Waals surface area contributed by atoms with Gasteiger partial charge >= 0.3 is 0 Å². The fourth-order valence-corrected chi connectivity index (χ4v) is 1.91. The molecule has 1 N–H and O–H groups in total. The minimum Gasteiger partial charge on any atom is -0.364 e. The van der Waals surface area contributed by atoms with Crippen LogP contribution in [0.25, 0.3) is 0 Å². The summed E-state index contributed by atoms with van der Waals surface area (Å²) in [5.74, 6) is 0.548. The molecule has 0 aliphatic heterocycles. The first-order valence-electron chi connectivity index (χ1n) is 5.41. The van der Waals surface area contributed by atoms with E-state index in [0.717, 1.165) is 17.9 Å². The summed E-state index contributed by atoms with van der Waals surface area (Å²) in [6.07, 6.45) is 1.91. The first-order chi connectivity index (χ1) is 8.20. The number of aromatic nitrogens is 2. The Morgan fingerprint density at radius 1 is 1.41 bits per heavy atom. The van der Waals surface area contributed by atoms with Gasteiger partial charge in [-0.25, -0.2) is 4.39 Å². The number of rotatable bonds is 4. The van der Waals surface area contributed by atoms with Crippen molar-refractivity contribution in [1.82, 2.24) is 9.78 Å². The molecule has 90 valence electrons. The lowest BCUT2D eigenvalue weighted by Gasteiger charge is -2.06. The lowest BCUT2D eigenvalue weighted by Crippen LogP contribution is -2.03. The predicted octanol–water partition coefficient (Wildman–Crippen LogP) is 3.42. The van der Waals surface area contributed by atoms with Gasteiger partial charge in [-0.15, -0.1) is 0 Å². The van der Waals surface area contributed by atoms with Gasteiger partial charge in [0.1, 0.15) is 11.6 Å². The van der Waals surface area contributed by atoms with Crippen LogP contribution in [0.15, 0.2) is 34.9 Å². The molecular formula is C12H13BrFN3. The van der Waals surface area contributed by atoms with E-state index in [1.165, 1.54) is 6.07 Å². The summed E-state index contributed by atoms with van der Waals surface area (Å²) in [5, 5.41) is 7.45. The summed E-state index contributed by atoms with van der Waals surface area (Å²) in [5.41, 5.74) is 0.871. The molecule has 0 aliphatic rings. The van der Waals surface area contributed by atoms with Gasteiger partial charge in [0.25, 0.3) is 0 Å². The molecule has 0 bridgehead atoms. The molecule has 0 spiro atoms. The molecule has 1 aromatic heterocycles. The Morgan fingerprint density at radius 2 is 2.24 bits per heavy atom. The minimum absolute atomic E-state index is 0.247. The Balaban J connectivity index is 2.04. The fourth-order valence-electron chi connectivity index (χ4n) is 1.50. The number of hydrogen-bond donors (Lipinski definition) is 1. The Morgan fingerprint density at radius 3 is 2.94 bits per heavy atom. The Bertz CT molecular complexity index is 510. The molecule has 1 heterocycles. The fraction of sp³-hybridized carbons (Fsp3) is 0.250. The van der Waals surface area contributed by atoms with Crippen molar-refractivity contribution in [3.63, 3.8) is 0 Å². The average molecular weight is 298 g/mol. The first kappa shape index (κ1) is 12.1. The van der Waals surface area contributed by atoms with Crippen LogP contribution < -0.4 is 5.32 Å². The van der Waals surface area contributed by atoms with Crippen LogP contribution in [-0.4, -0.2) is 9.78 Å². The smallest absolute Gasteiger partial charge is 0.148 e.